The Hall–Kier alpha value is -2.63. The van der Waals surface area contributed by atoms with Crippen LogP contribution >= 0.6 is 0 Å². The summed E-state index contributed by atoms with van der Waals surface area (Å²) in [4.78, 5) is 10.2. The normalized spacial score (nSPS) is 11.8. The van der Waals surface area contributed by atoms with Crippen LogP contribution in [0.25, 0.3) is 16.9 Å². The Morgan fingerprint density at radius 3 is 2.56 bits per heavy atom. The Morgan fingerprint density at radius 2 is 1.93 bits per heavy atom. The number of methoxy groups -OCH3 is 1. The lowest BCUT2D eigenvalue weighted by Gasteiger charge is -2.19. The molecule has 0 aliphatic rings. The molecule has 0 saturated carbocycles. The summed E-state index contributed by atoms with van der Waals surface area (Å²) >= 11 is 0. The van der Waals surface area contributed by atoms with E-state index in [1.54, 1.807) is 18.2 Å². The minimum absolute atomic E-state index is 0.229. The number of ether oxygens (including phenoxy) is 1. The van der Waals surface area contributed by atoms with Crippen LogP contribution in [0, 0.1) is 11.4 Å². The molecule has 0 fully saturated rings. The van der Waals surface area contributed by atoms with E-state index in [9.17, 15) is 4.39 Å². The summed E-state index contributed by atoms with van der Waals surface area (Å²) in [6.45, 7) is 6.68. The first-order valence-electron chi connectivity index (χ1n) is 9.07. The van der Waals surface area contributed by atoms with Gasteiger partial charge in [-0.3, -0.25) is 4.40 Å². The summed E-state index contributed by atoms with van der Waals surface area (Å²) in [7, 11) is 5.36. The second-order valence-corrected chi connectivity index (χ2v) is 8.23. The van der Waals surface area contributed by atoms with E-state index >= 15 is 0 Å². The van der Waals surface area contributed by atoms with Crippen LogP contribution in [0.2, 0.25) is 0 Å². The van der Waals surface area contributed by atoms with Crippen molar-refractivity contribution in [2.45, 2.75) is 33.6 Å². The molecule has 0 radical (unpaired) electrons. The van der Waals surface area contributed by atoms with Gasteiger partial charge in [-0.25, -0.2) is 9.97 Å². The fourth-order valence-corrected chi connectivity index (χ4v) is 3.01. The summed E-state index contributed by atoms with van der Waals surface area (Å²) in [5.41, 5.74) is 3.68. The zero-order chi connectivity index (χ0) is 19.8. The van der Waals surface area contributed by atoms with Crippen LogP contribution in [0.3, 0.4) is 0 Å². The number of nitrogens with zero attached hydrogens (tertiary/aromatic N) is 4. The van der Waals surface area contributed by atoms with Crippen molar-refractivity contribution in [1.29, 1.82) is 0 Å². The molecule has 3 aromatic heterocycles. The quantitative estimate of drug-likeness (QED) is 0.616. The Bertz CT molecular complexity index is 957. The van der Waals surface area contributed by atoms with Crippen LogP contribution in [0.15, 0.2) is 30.6 Å². The van der Waals surface area contributed by atoms with Crippen molar-refractivity contribution in [2.24, 2.45) is 5.41 Å². The van der Waals surface area contributed by atoms with Crippen molar-refractivity contribution in [3.8, 4) is 17.0 Å². The van der Waals surface area contributed by atoms with Gasteiger partial charge in [0.2, 0.25) is 5.95 Å². The number of halogens is 1. The summed E-state index contributed by atoms with van der Waals surface area (Å²) in [5, 5.41) is 0. The molecule has 27 heavy (non-hydrogen) atoms. The lowest BCUT2D eigenvalue weighted by Crippen LogP contribution is -2.11. The maximum Gasteiger partial charge on any atom is 0.215 e. The third-order valence-electron chi connectivity index (χ3n) is 4.59. The monoisotopic (exact) mass is 370 g/mol. The third-order valence-corrected chi connectivity index (χ3v) is 4.59. The molecular weight excluding hydrogens is 343 g/mol. The Kier molecular flexibility index (Phi) is 5.09. The zero-order valence-corrected chi connectivity index (χ0v) is 16.9. The second kappa shape index (κ2) is 7.18. The van der Waals surface area contributed by atoms with Crippen molar-refractivity contribution in [3.63, 3.8) is 0 Å². The minimum Gasteiger partial charge on any atom is -0.496 e. The van der Waals surface area contributed by atoms with Gasteiger partial charge in [-0.2, -0.15) is 4.39 Å². The van der Waals surface area contributed by atoms with E-state index in [1.165, 1.54) is 6.07 Å². The standard InChI is InChI=1S/C21H27FN4O/c1-21(2,3)8-7-14-13-26-16(12-23-19(26)11-17(14)27-6)15-9-18(22)24-20(10-15)25(4)5/h9-13H,7-8H2,1-6H3. The highest BCUT2D eigenvalue weighted by atomic mass is 19.1. The van der Waals surface area contributed by atoms with Gasteiger partial charge in [-0.15, -0.1) is 0 Å². The van der Waals surface area contributed by atoms with Gasteiger partial charge < -0.3 is 9.64 Å². The van der Waals surface area contributed by atoms with E-state index in [4.69, 9.17) is 4.74 Å². The topological polar surface area (TPSA) is 42.7 Å². The molecule has 3 heterocycles. The van der Waals surface area contributed by atoms with E-state index in [2.05, 4.69) is 36.9 Å². The molecule has 144 valence electrons. The molecule has 0 amide bonds. The van der Waals surface area contributed by atoms with Gasteiger partial charge in [0.05, 0.1) is 19.0 Å². The number of aryl methyl sites for hydroxylation is 1. The molecule has 6 heteroatoms. The number of hydrogen-bond donors (Lipinski definition) is 0. The van der Waals surface area contributed by atoms with Gasteiger partial charge in [0.15, 0.2) is 0 Å². The number of anilines is 1. The van der Waals surface area contributed by atoms with Crippen LogP contribution in [0.5, 0.6) is 5.75 Å². The largest absolute Gasteiger partial charge is 0.496 e. The van der Waals surface area contributed by atoms with Crippen molar-refractivity contribution >= 4 is 11.5 Å². The summed E-state index contributed by atoms with van der Waals surface area (Å²) in [6.07, 6.45) is 5.74. The van der Waals surface area contributed by atoms with Crippen molar-refractivity contribution < 1.29 is 9.13 Å². The fraction of sp³-hybridized carbons (Fsp3) is 0.429. The molecule has 0 saturated heterocycles. The number of fused-ring (bicyclic) bond motifs is 1. The molecule has 0 unspecified atom stereocenters. The Balaban J connectivity index is 2.10. The number of aromatic nitrogens is 3. The molecule has 0 spiro atoms. The first-order chi connectivity index (χ1) is 12.7. The van der Waals surface area contributed by atoms with Gasteiger partial charge >= 0.3 is 0 Å². The van der Waals surface area contributed by atoms with E-state index in [1.807, 2.05) is 30.6 Å². The van der Waals surface area contributed by atoms with E-state index in [0.29, 0.717) is 5.82 Å². The smallest absolute Gasteiger partial charge is 0.215 e. The number of hydrogen-bond acceptors (Lipinski definition) is 4. The van der Waals surface area contributed by atoms with E-state index < -0.39 is 5.95 Å². The number of imidazole rings is 1. The van der Waals surface area contributed by atoms with E-state index in [-0.39, 0.29) is 5.41 Å². The number of pyridine rings is 2. The van der Waals surface area contributed by atoms with Gasteiger partial charge in [0.25, 0.3) is 0 Å². The van der Waals surface area contributed by atoms with Crippen LogP contribution in [0.1, 0.15) is 32.8 Å². The van der Waals surface area contributed by atoms with Gasteiger partial charge in [-0.05, 0) is 24.3 Å². The Morgan fingerprint density at radius 1 is 1.19 bits per heavy atom. The molecule has 0 aliphatic carbocycles. The predicted molar refractivity (Wildman–Crippen MR) is 107 cm³/mol. The Labute approximate surface area is 159 Å². The van der Waals surface area contributed by atoms with Gasteiger partial charge in [0.1, 0.15) is 17.2 Å². The fourth-order valence-electron chi connectivity index (χ4n) is 3.01. The van der Waals surface area contributed by atoms with Crippen LogP contribution in [-0.2, 0) is 6.42 Å². The van der Waals surface area contributed by atoms with E-state index in [0.717, 1.165) is 41.1 Å². The third kappa shape index (κ3) is 4.21. The van der Waals surface area contributed by atoms with Crippen molar-refractivity contribution in [1.82, 2.24) is 14.4 Å². The average molecular weight is 370 g/mol. The molecule has 3 rings (SSSR count). The van der Waals surface area contributed by atoms with Crippen molar-refractivity contribution in [3.05, 3.63) is 42.1 Å². The van der Waals surface area contributed by atoms with Crippen LogP contribution < -0.4 is 9.64 Å². The second-order valence-electron chi connectivity index (χ2n) is 8.23. The summed E-state index contributed by atoms with van der Waals surface area (Å²) in [6, 6.07) is 5.24. The van der Waals surface area contributed by atoms with Crippen LogP contribution in [0.4, 0.5) is 10.2 Å². The lowest BCUT2D eigenvalue weighted by molar-refractivity contribution is 0.368. The van der Waals surface area contributed by atoms with Crippen molar-refractivity contribution in [2.75, 3.05) is 26.1 Å². The minimum atomic E-state index is -0.507. The molecular formula is C21H27FN4O. The molecule has 0 N–H and O–H groups in total. The van der Waals surface area contributed by atoms with Gasteiger partial charge in [0, 0.05) is 43.6 Å². The molecule has 3 aromatic rings. The first-order valence-corrected chi connectivity index (χ1v) is 9.07. The highest BCUT2D eigenvalue weighted by Crippen LogP contribution is 2.30. The lowest BCUT2D eigenvalue weighted by atomic mass is 9.89. The highest BCUT2D eigenvalue weighted by Gasteiger charge is 2.16. The molecule has 0 atom stereocenters. The molecule has 5 nitrogen and oxygen atoms in total. The summed E-state index contributed by atoms with van der Waals surface area (Å²) in [5.74, 6) is 0.896. The molecule has 0 bridgehead atoms. The van der Waals surface area contributed by atoms with Gasteiger partial charge in [-0.1, -0.05) is 20.8 Å². The zero-order valence-electron chi connectivity index (χ0n) is 16.9. The first kappa shape index (κ1) is 19.1. The SMILES string of the molecule is COc1cc2ncc(-c3cc(F)nc(N(C)C)c3)n2cc1CCC(C)(C)C. The molecule has 0 aliphatic heterocycles. The average Bonchev–Trinajstić information content (AvgIpc) is 3.00. The maximum atomic E-state index is 14.0. The summed E-state index contributed by atoms with van der Waals surface area (Å²) < 4.78 is 21.6. The maximum absolute atomic E-state index is 14.0. The number of rotatable bonds is 5. The van der Waals surface area contributed by atoms with Crippen LogP contribution in [-0.4, -0.2) is 35.6 Å². The predicted octanol–water partition coefficient (Wildman–Crippen LogP) is 4.59. The highest BCUT2D eigenvalue weighted by molar-refractivity contribution is 5.67. The molecule has 0 aromatic carbocycles.